The topological polar surface area (TPSA) is 49.4 Å². The Morgan fingerprint density at radius 1 is 0.800 bits per heavy atom. The Bertz CT molecular complexity index is 1200. The molecule has 0 bridgehead atoms. The van der Waals surface area contributed by atoms with Crippen molar-refractivity contribution < 1.29 is 9.59 Å². The number of hydrogen-bond acceptors (Lipinski definition) is 3. The second-order valence-electron chi connectivity index (χ2n) is 7.05. The van der Waals surface area contributed by atoms with Gasteiger partial charge in [-0.05, 0) is 66.9 Å². The predicted octanol–water partition coefficient (Wildman–Crippen LogP) is 6.01. The number of rotatable bonds is 4. The first-order valence-corrected chi connectivity index (χ1v) is 10.1. The molecular weight excluding hydrogens is 419 g/mol. The van der Waals surface area contributed by atoms with Gasteiger partial charge in [0.2, 0.25) is 0 Å². The van der Waals surface area contributed by atoms with Gasteiger partial charge in [-0.25, -0.2) is 4.90 Å². The van der Waals surface area contributed by atoms with E-state index in [9.17, 15) is 9.59 Å². The third kappa shape index (κ3) is 3.60. The Kier molecular flexibility index (Phi) is 5.37. The number of aryl methyl sites for hydroxylation is 1. The third-order valence-electron chi connectivity index (χ3n) is 5.15. The fourth-order valence-corrected chi connectivity index (χ4v) is 3.71. The molecule has 30 heavy (non-hydrogen) atoms. The molecule has 4 rings (SSSR count). The average molecular weight is 437 g/mol. The summed E-state index contributed by atoms with van der Waals surface area (Å²) in [5.41, 5.74) is 4.38. The molecule has 2 amide bonds. The summed E-state index contributed by atoms with van der Waals surface area (Å²) in [6, 6.07) is 19.3. The molecule has 0 fully saturated rings. The summed E-state index contributed by atoms with van der Waals surface area (Å²) in [5.74, 6) is -0.856. The van der Waals surface area contributed by atoms with Crippen LogP contribution in [0.15, 0.2) is 72.4 Å². The SMILES string of the molecule is Cc1cccc(NC2=C(c3ccc(Cl)cc3)C(=O)N(c3cccc(Cl)c3)C2=O)c1C. The van der Waals surface area contributed by atoms with Gasteiger partial charge >= 0.3 is 0 Å². The molecule has 4 nitrogen and oxygen atoms in total. The van der Waals surface area contributed by atoms with E-state index >= 15 is 0 Å². The highest BCUT2D eigenvalue weighted by Crippen LogP contribution is 2.35. The van der Waals surface area contributed by atoms with Crippen molar-refractivity contribution in [2.24, 2.45) is 0 Å². The van der Waals surface area contributed by atoms with Gasteiger partial charge in [-0.2, -0.15) is 0 Å². The number of hydrogen-bond donors (Lipinski definition) is 1. The van der Waals surface area contributed by atoms with E-state index in [1.807, 2.05) is 32.0 Å². The number of nitrogens with zero attached hydrogens (tertiary/aromatic N) is 1. The quantitative estimate of drug-likeness (QED) is 0.509. The minimum atomic E-state index is -0.437. The van der Waals surface area contributed by atoms with Crippen LogP contribution in [0.2, 0.25) is 10.0 Å². The highest BCUT2D eigenvalue weighted by atomic mass is 35.5. The highest BCUT2D eigenvalue weighted by molar-refractivity contribution is 6.46. The molecule has 0 unspecified atom stereocenters. The molecule has 0 spiro atoms. The van der Waals surface area contributed by atoms with E-state index in [-0.39, 0.29) is 11.3 Å². The minimum absolute atomic E-state index is 0.219. The molecule has 0 radical (unpaired) electrons. The molecule has 0 saturated heterocycles. The molecule has 1 heterocycles. The van der Waals surface area contributed by atoms with E-state index in [1.165, 1.54) is 0 Å². The minimum Gasteiger partial charge on any atom is -0.350 e. The Balaban J connectivity index is 1.86. The Labute approximate surface area is 184 Å². The summed E-state index contributed by atoms with van der Waals surface area (Å²) in [4.78, 5) is 27.9. The molecule has 3 aromatic rings. The summed E-state index contributed by atoms with van der Waals surface area (Å²) in [7, 11) is 0. The zero-order valence-electron chi connectivity index (χ0n) is 16.4. The number of imide groups is 1. The zero-order valence-corrected chi connectivity index (χ0v) is 17.9. The van der Waals surface area contributed by atoms with Crippen LogP contribution in [0.4, 0.5) is 11.4 Å². The largest absolute Gasteiger partial charge is 0.350 e. The van der Waals surface area contributed by atoms with E-state index in [0.29, 0.717) is 21.3 Å². The van der Waals surface area contributed by atoms with Crippen LogP contribution < -0.4 is 10.2 Å². The zero-order chi connectivity index (χ0) is 21.4. The Morgan fingerprint density at radius 3 is 2.20 bits per heavy atom. The molecule has 0 aliphatic carbocycles. The summed E-state index contributed by atoms with van der Waals surface area (Å²) >= 11 is 12.1. The van der Waals surface area contributed by atoms with Gasteiger partial charge in [-0.3, -0.25) is 9.59 Å². The molecule has 0 aromatic heterocycles. The van der Waals surface area contributed by atoms with Crippen LogP contribution in [-0.4, -0.2) is 11.8 Å². The van der Waals surface area contributed by atoms with E-state index in [4.69, 9.17) is 23.2 Å². The molecule has 150 valence electrons. The van der Waals surface area contributed by atoms with Crippen molar-refractivity contribution in [3.63, 3.8) is 0 Å². The fourth-order valence-electron chi connectivity index (χ4n) is 3.40. The van der Waals surface area contributed by atoms with Crippen molar-refractivity contribution in [1.82, 2.24) is 0 Å². The Hall–Kier alpha value is -3.08. The van der Waals surface area contributed by atoms with Gasteiger partial charge in [0.05, 0.1) is 11.3 Å². The van der Waals surface area contributed by atoms with Crippen molar-refractivity contribution in [3.05, 3.63) is 99.2 Å². The molecule has 3 aromatic carbocycles. The number of nitrogens with one attached hydrogen (secondary N) is 1. The van der Waals surface area contributed by atoms with Crippen LogP contribution >= 0.6 is 23.2 Å². The highest BCUT2D eigenvalue weighted by Gasteiger charge is 2.40. The van der Waals surface area contributed by atoms with E-state index in [2.05, 4.69) is 5.32 Å². The van der Waals surface area contributed by atoms with Gasteiger partial charge in [0.1, 0.15) is 5.70 Å². The second-order valence-corrected chi connectivity index (χ2v) is 7.93. The number of benzene rings is 3. The molecule has 1 aliphatic rings. The maximum Gasteiger partial charge on any atom is 0.282 e. The predicted molar refractivity (Wildman–Crippen MR) is 122 cm³/mol. The molecule has 0 atom stereocenters. The van der Waals surface area contributed by atoms with Crippen LogP contribution in [0.1, 0.15) is 16.7 Å². The maximum atomic E-state index is 13.4. The molecule has 6 heteroatoms. The van der Waals surface area contributed by atoms with Crippen molar-refractivity contribution in [1.29, 1.82) is 0 Å². The van der Waals surface area contributed by atoms with Crippen molar-refractivity contribution >= 4 is 52.0 Å². The normalized spacial score (nSPS) is 13.9. The van der Waals surface area contributed by atoms with E-state index < -0.39 is 11.8 Å². The van der Waals surface area contributed by atoms with Crippen LogP contribution in [0.5, 0.6) is 0 Å². The number of amides is 2. The Morgan fingerprint density at radius 2 is 1.50 bits per heavy atom. The van der Waals surface area contributed by atoms with Gasteiger partial charge in [0, 0.05) is 15.7 Å². The first-order chi connectivity index (χ1) is 14.4. The summed E-state index contributed by atoms with van der Waals surface area (Å²) < 4.78 is 0. The van der Waals surface area contributed by atoms with Crippen LogP contribution in [0.25, 0.3) is 5.57 Å². The fraction of sp³-hybridized carbons (Fsp3) is 0.0833. The number of anilines is 2. The van der Waals surface area contributed by atoms with Gasteiger partial charge in [0.15, 0.2) is 0 Å². The van der Waals surface area contributed by atoms with Crippen LogP contribution in [0.3, 0.4) is 0 Å². The van der Waals surface area contributed by atoms with Crippen molar-refractivity contribution in [3.8, 4) is 0 Å². The number of halogens is 2. The van der Waals surface area contributed by atoms with E-state index in [0.717, 1.165) is 21.7 Å². The lowest BCUT2D eigenvalue weighted by molar-refractivity contribution is -0.120. The van der Waals surface area contributed by atoms with Crippen molar-refractivity contribution in [2.45, 2.75) is 13.8 Å². The van der Waals surface area contributed by atoms with Crippen LogP contribution in [0, 0.1) is 13.8 Å². The van der Waals surface area contributed by atoms with Gasteiger partial charge < -0.3 is 5.32 Å². The monoisotopic (exact) mass is 436 g/mol. The standard InChI is InChI=1S/C24H18Cl2N2O2/c1-14-5-3-8-20(15(14)2)27-22-21(16-9-11-17(25)12-10-16)23(29)28(24(22)30)19-7-4-6-18(26)13-19/h3-13,27H,1-2H3. The average Bonchev–Trinajstić information content (AvgIpc) is 2.96. The third-order valence-corrected chi connectivity index (χ3v) is 5.63. The lowest BCUT2D eigenvalue weighted by atomic mass is 10.0. The number of carbonyl (C=O) groups excluding carboxylic acids is 2. The summed E-state index contributed by atoms with van der Waals surface area (Å²) in [6.45, 7) is 3.96. The van der Waals surface area contributed by atoms with Gasteiger partial charge in [-0.1, -0.05) is 53.5 Å². The smallest absolute Gasteiger partial charge is 0.282 e. The summed E-state index contributed by atoms with van der Waals surface area (Å²) in [5, 5.41) is 4.20. The first-order valence-electron chi connectivity index (χ1n) is 9.34. The maximum absolute atomic E-state index is 13.4. The molecule has 0 saturated carbocycles. The van der Waals surface area contributed by atoms with E-state index in [1.54, 1.807) is 48.5 Å². The molecule has 1 N–H and O–H groups in total. The van der Waals surface area contributed by atoms with Gasteiger partial charge in [0.25, 0.3) is 11.8 Å². The van der Waals surface area contributed by atoms with Gasteiger partial charge in [-0.15, -0.1) is 0 Å². The lowest BCUT2D eigenvalue weighted by Gasteiger charge is -2.16. The second kappa shape index (κ2) is 7.98. The first kappa shape index (κ1) is 20.2. The molecular formula is C24H18Cl2N2O2. The summed E-state index contributed by atoms with van der Waals surface area (Å²) in [6.07, 6.45) is 0. The number of carbonyl (C=O) groups is 2. The lowest BCUT2D eigenvalue weighted by Crippen LogP contribution is -2.32. The van der Waals surface area contributed by atoms with Crippen LogP contribution in [-0.2, 0) is 9.59 Å². The van der Waals surface area contributed by atoms with Crippen molar-refractivity contribution in [2.75, 3.05) is 10.2 Å². The molecule has 1 aliphatic heterocycles.